The van der Waals surface area contributed by atoms with E-state index in [0.29, 0.717) is 22.8 Å². The molecule has 0 atom stereocenters. The van der Waals surface area contributed by atoms with E-state index in [1.165, 1.54) is 22.3 Å². The molecule has 4 nitrogen and oxygen atoms in total. The quantitative estimate of drug-likeness (QED) is 0.658. The van der Waals surface area contributed by atoms with Crippen molar-refractivity contribution in [2.24, 2.45) is 0 Å². The molecule has 1 amide bonds. The summed E-state index contributed by atoms with van der Waals surface area (Å²) in [5.74, 6) is -0.471. The minimum atomic E-state index is -0.361. The third-order valence-corrected chi connectivity index (χ3v) is 5.76. The number of anilines is 1. The van der Waals surface area contributed by atoms with Gasteiger partial charge < -0.3 is 4.90 Å². The Bertz CT molecular complexity index is 926. The van der Waals surface area contributed by atoms with Crippen molar-refractivity contribution in [1.82, 2.24) is 4.98 Å². The number of benzene rings is 2. The maximum atomic E-state index is 14.0. The van der Waals surface area contributed by atoms with E-state index in [9.17, 15) is 9.18 Å². The van der Waals surface area contributed by atoms with Gasteiger partial charge in [0.25, 0.3) is 5.91 Å². The van der Waals surface area contributed by atoms with E-state index in [4.69, 9.17) is 0 Å². The van der Waals surface area contributed by atoms with E-state index in [0.717, 1.165) is 16.1 Å². The van der Waals surface area contributed by atoms with Crippen LogP contribution < -0.4 is 9.80 Å². The highest BCUT2D eigenvalue weighted by Crippen LogP contribution is 2.31. The third-order valence-electron chi connectivity index (χ3n) is 3.99. The highest BCUT2D eigenvalue weighted by Gasteiger charge is 2.23. The molecule has 0 aliphatic rings. The van der Waals surface area contributed by atoms with E-state index >= 15 is 0 Å². The number of carbonyl (C=O) groups excluding carboxylic acids is 1. The van der Waals surface area contributed by atoms with Gasteiger partial charge in [-0.1, -0.05) is 23.5 Å². The molecule has 0 aliphatic carbocycles. The van der Waals surface area contributed by atoms with Crippen molar-refractivity contribution >= 4 is 44.4 Å². The SMILES string of the molecule is CSc1cccc(C(=O)N(CC[NH+](C)C)c2nc3c(F)cccc3s2)c1. The van der Waals surface area contributed by atoms with E-state index in [-0.39, 0.29) is 11.7 Å². The molecule has 136 valence electrons. The number of nitrogens with one attached hydrogen (secondary N) is 1. The molecule has 1 aromatic heterocycles. The lowest BCUT2D eigenvalue weighted by molar-refractivity contribution is -0.856. The first-order valence-electron chi connectivity index (χ1n) is 8.29. The highest BCUT2D eigenvalue weighted by molar-refractivity contribution is 7.98. The molecule has 1 N–H and O–H groups in total. The fourth-order valence-corrected chi connectivity index (χ4v) is 4.01. The lowest BCUT2D eigenvalue weighted by Crippen LogP contribution is -3.06. The van der Waals surface area contributed by atoms with Crippen LogP contribution in [0.2, 0.25) is 0 Å². The number of rotatable bonds is 6. The fraction of sp³-hybridized carbons (Fsp3) is 0.263. The van der Waals surface area contributed by atoms with Gasteiger partial charge in [-0.25, -0.2) is 9.37 Å². The number of thiazole rings is 1. The summed E-state index contributed by atoms with van der Waals surface area (Å²) in [4.78, 5) is 21.5. The van der Waals surface area contributed by atoms with Crippen LogP contribution in [0.1, 0.15) is 10.4 Å². The van der Waals surface area contributed by atoms with Gasteiger partial charge in [-0.15, -0.1) is 11.8 Å². The number of amides is 1. The molecule has 0 radical (unpaired) electrons. The van der Waals surface area contributed by atoms with Crippen LogP contribution in [0.25, 0.3) is 10.2 Å². The van der Waals surface area contributed by atoms with Gasteiger partial charge in [0, 0.05) is 10.5 Å². The number of aromatic nitrogens is 1. The number of hydrogen-bond acceptors (Lipinski definition) is 4. The number of nitrogens with zero attached hydrogens (tertiary/aromatic N) is 2. The first-order chi connectivity index (χ1) is 12.5. The molecule has 0 unspecified atom stereocenters. The number of thioether (sulfide) groups is 1. The second-order valence-electron chi connectivity index (χ2n) is 6.23. The van der Waals surface area contributed by atoms with E-state index in [2.05, 4.69) is 4.98 Å². The van der Waals surface area contributed by atoms with Crippen LogP contribution in [-0.2, 0) is 0 Å². The Kier molecular flexibility index (Phi) is 5.90. The third kappa shape index (κ3) is 4.06. The Hall–Kier alpha value is -1.96. The van der Waals surface area contributed by atoms with E-state index < -0.39 is 0 Å². The Morgan fingerprint density at radius 1 is 1.27 bits per heavy atom. The Labute approximate surface area is 160 Å². The van der Waals surface area contributed by atoms with Gasteiger partial charge in [-0.3, -0.25) is 9.69 Å². The van der Waals surface area contributed by atoms with E-state index in [1.54, 1.807) is 22.7 Å². The van der Waals surface area contributed by atoms with Gasteiger partial charge in [0.2, 0.25) is 0 Å². The van der Waals surface area contributed by atoms with Crippen molar-refractivity contribution < 1.29 is 14.1 Å². The second kappa shape index (κ2) is 8.16. The number of hydrogen-bond donors (Lipinski definition) is 1. The average molecular weight is 391 g/mol. The molecule has 0 fully saturated rings. The molecule has 1 heterocycles. The summed E-state index contributed by atoms with van der Waals surface area (Å²) in [5, 5.41) is 0.533. The molecule has 7 heteroatoms. The topological polar surface area (TPSA) is 37.6 Å². The summed E-state index contributed by atoms with van der Waals surface area (Å²) < 4.78 is 14.8. The minimum absolute atomic E-state index is 0.110. The number of halogens is 1. The van der Waals surface area contributed by atoms with Crippen LogP contribution in [-0.4, -0.2) is 44.3 Å². The first kappa shape index (κ1) is 18.8. The van der Waals surface area contributed by atoms with Crippen molar-refractivity contribution in [3.8, 4) is 0 Å². The number of para-hydroxylation sites is 1. The summed E-state index contributed by atoms with van der Waals surface area (Å²) >= 11 is 2.94. The largest absolute Gasteiger partial charge is 0.338 e. The predicted octanol–water partition coefficient (Wildman–Crippen LogP) is 2.95. The van der Waals surface area contributed by atoms with Crippen molar-refractivity contribution in [2.75, 3.05) is 38.3 Å². The van der Waals surface area contributed by atoms with Gasteiger partial charge in [-0.05, 0) is 36.6 Å². The molecular weight excluding hydrogens is 369 g/mol. The molecule has 0 spiro atoms. The van der Waals surface area contributed by atoms with Crippen LogP contribution >= 0.6 is 23.1 Å². The fourth-order valence-electron chi connectivity index (χ4n) is 2.55. The van der Waals surface area contributed by atoms with Crippen LogP contribution in [0.5, 0.6) is 0 Å². The highest BCUT2D eigenvalue weighted by atomic mass is 32.2. The first-order valence-corrected chi connectivity index (χ1v) is 10.3. The van der Waals surface area contributed by atoms with Gasteiger partial charge in [0.15, 0.2) is 5.13 Å². The number of likely N-dealkylation sites (N-methyl/N-ethyl adjacent to an activating group) is 1. The van der Waals surface area contributed by atoms with Crippen molar-refractivity contribution in [2.45, 2.75) is 4.90 Å². The van der Waals surface area contributed by atoms with Gasteiger partial charge in [0.1, 0.15) is 11.3 Å². The monoisotopic (exact) mass is 390 g/mol. The summed E-state index contributed by atoms with van der Waals surface area (Å²) in [6, 6.07) is 12.4. The van der Waals surface area contributed by atoms with Crippen LogP contribution in [0.15, 0.2) is 47.4 Å². The Balaban J connectivity index is 2.00. The zero-order chi connectivity index (χ0) is 18.7. The Morgan fingerprint density at radius 2 is 2.04 bits per heavy atom. The lowest BCUT2D eigenvalue weighted by Gasteiger charge is -2.21. The molecule has 0 aliphatic heterocycles. The molecule has 3 rings (SSSR count). The summed E-state index contributed by atoms with van der Waals surface area (Å²) in [6.45, 7) is 1.29. The maximum absolute atomic E-state index is 14.0. The van der Waals surface area contributed by atoms with Crippen LogP contribution in [0.3, 0.4) is 0 Å². The minimum Gasteiger partial charge on any atom is -0.338 e. The van der Waals surface area contributed by atoms with Gasteiger partial charge in [0.05, 0.1) is 31.9 Å². The average Bonchev–Trinajstić information content (AvgIpc) is 3.07. The van der Waals surface area contributed by atoms with Gasteiger partial charge >= 0.3 is 0 Å². The van der Waals surface area contributed by atoms with Crippen molar-refractivity contribution in [3.63, 3.8) is 0 Å². The molecule has 26 heavy (non-hydrogen) atoms. The molecule has 3 aromatic rings. The van der Waals surface area contributed by atoms with Crippen LogP contribution in [0, 0.1) is 5.82 Å². The normalized spacial score (nSPS) is 11.3. The van der Waals surface area contributed by atoms with Gasteiger partial charge in [-0.2, -0.15) is 0 Å². The van der Waals surface area contributed by atoms with Crippen molar-refractivity contribution in [1.29, 1.82) is 0 Å². The van der Waals surface area contributed by atoms with Crippen molar-refractivity contribution in [3.05, 3.63) is 53.8 Å². The number of quaternary nitrogens is 1. The maximum Gasteiger partial charge on any atom is 0.260 e. The Morgan fingerprint density at radius 3 is 2.73 bits per heavy atom. The molecule has 0 saturated carbocycles. The summed E-state index contributed by atoms with van der Waals surface area (Å²) in [7, 11) is 4.07. The summed E-state index contributed by atoms with van der Waals surface area (Å²) in [5.41, 5.74) is 0.936. The second-order valence-corrected chi connectivity index (χ2v) is 8.12. The predicted molar refractivity (Wildman–Crippen MR) is 107 cm³/mol. The standard InChI is InChI=1S/C19H20FN3OS2/c1-22(2)10-11-23(18(24)13-6-4-7-14(12-13)25-3)19-21-17-15(20)8-5-9-16(17)26-19/h4-9,12H,10-11H2,1-3H3/p+1. The zero-order valence-corrected chi connectivity index (χ0v) is 16.6. The molecule has 0 saturated heterocycles. The smallest absolute Gasteiger partial charge is 0.260 e. The number of fused-ring (bicyclic) bond motifs is 1. The molecule has 2 aromatic carbocycles. The number of carbonyl (C=O) groups is 1. The lowest BCUT2D eigenvalue weighted by atomic mass is 10.2. The van der Waals surface area contributed by atoms with Crippen LogP contribution in [0.4, 0.5) is 9.52 Å². The molecular formula is C19H21FN3OS2+. The zero-order valence-electron chi connectivity index (χ0n) is 15.0. The summed E-state index contributed by atoms with van der Waals surface area (Å²) in [6.07, 6.45) is 1.98. The molecule has 0 bridgehead atoms. The van der Waals surface area contributed by atoms with E-state index in [1.807, 2.05) is 50.7 Å².